The number of aryl methyl sites for hydroxylation is 1. The molecule has 1 aliphatic heterocycles. The van der Waals surface area contributed by atoms with Crippen LogP contribution in [0.15, 0.2) is 40.1 Å². The van der Waals surface area contributed by atoms with E-state index in [0.29, 0.717) is 6.04 Å². The van der Waals surface area contributed by atoms with Crippen molar-refractivity contribution in [3.63, 3.8) is 0 Å². The van der Waals surface area contributed by atoms with Gasteiger partial charge in [0.2, 0.25) is 0 Å². The third kappa shape index (κ3) is 1.64. The fraction of sp³-hybridized carbons (Fsp3) is 0.400. The maximum Gasteiger partial charge on any atom is 0.145 e. The molecule has 3 heterocycles. The summed E-state index contributed by atoms with van der Waals surface area (Å²) in [6, 6.07) is 11.2. The van der Waals surface area contributed by atoms with Gasteiger partial charge in [0.1, 0.15) is 11.3 Å². The number of hydrogen-bond donors (Lipinski definition) is 0. The molecular formula is C20H21NOS. The van der Waals surface area contributed by atoms with Crippen LogP contribution in [0, 0.1) is 6.92 Å². The Balaban J connectivity index is 1.79. The Hall–Kier alpha value is -1.74. The molecule has 0 radical (unpaired) electrons. The minimum Gasteiger partial charge on any atom is -0.458 e. The van der Waals surface area contributed by atoms with Gasteiger partial charge < -0.3 is 9.32 Å². The Kier molecular flexibility index (Phi) is 2.76. The molecule has 5 rings (SSSR count). The molecule has 3 heteroatoms. The number of thiophene rings is 1. The standard InChI is InChI=1S/C20H21NOS/c1-13-7-3-4-8-15(13)21-14(2)18-17(20(21)10-5-6-11-20)19-16(22-18)9-12-23-19/h3-4,7-9,12,14H,5-6,10-11H2,1-2H3. The highest BCUT2D eigenvalue weighted by molar-refractivity contribution is 7.17. The van der Waals surface area contributed by atoms with Crippen molar-refractivity contribution < 1.29 is 4.42 Å². The van der Waals surface area contributed by atoms with Crippen molar-refractivity contribution in [2.24, 2.45) is 0 Å². The van der Waals surface area contributed by atoms with Gasteiger partial charge in [-0.2, -0.15) is 0 Å². The summed E-state index contributed by atoms with van der Waals surface area (Å²) in [5.74, 6) is 1.21. The topological polar surface area (TPSA) is 16.4 Å². The molecule has 0 bridgehead atoms. The molecule has 118 valence electrons. The summed E-state index contributed by atoms with van der Waals surface area (Å²) in [6.45, 7) is 4.54. The smallest absolute Gasteiger partial charge is 0.145 e. The largest absolute Gasteiger partial charge is 0.458 e. The van der Waals surface area contributed by atoms with E-state index in [9.17, 15) is 0 Å². The Morgan fingerprint density at radius 1 is 1.17 bits per heavy atom. The fourth-order valence-corrected chi connectivity index (χ4v) is 5.87. The van der Waals surface area contributed by atoms with Crippen LogP contribution in [0.2, 0.25) is 0 Å². The van der Waals surface area contributed by atoms with Crippen LogP contribution in [-0.2, 0) is 5.54 Å². The van der Waals surface area contributed by atoms with E-state index in [2.05, 4.69) is 54.5 Å². The molecule has 1 spiro atoms. The first-order valence-electron chi connectivity index (χ1n) is 8.58. The molecular weight excluding hydrogens is 302 g/mol. The van der Waals surface area contributed by atoms with Gasteiger partial charge in [0.15, 0.2) is 0 Å². The highest BCUT2D eigenvalue weighted by atomic mass is 32.1. The van der Waals surface area contributed by atoms with Crippen LogP contribution >= 0.6 is 11.3 Å². The number of anilines is 1. The van der Waals surface area contributed by atoms with E-state index in [1.165, 1.54) is 53.0 Å². The Bertz CT molecular complexity index is 884. The van der Waals surface area contributed by atoms with Crippen molar-refractivity contribution >= 4 is 27.3 Å². The van der Waals surface area contributed by atoms with E-state index < -0.39 is 0 Å². The molecule has 0 amide bonds. The van der Waals surface area contributed by atoms with Crippen LogP contribution in [0.25, 0.3) is 10.3 Å². The lowest BCUT2D eigenvalue weighted by molar-refractivity contribution is 0.411. The molecule has 1 saturated carbocycles. The molecule has 2 nitrogen and oxygen atoms in total. The first kappa shape index (κ1) is 13.7. The summed E-state index contributed by atoms with van der Waals surface area (Å²) in [5.41, 5.74) is 5.45. The molecule has 0 saturated heterocycles. The third-order valence-corrected chi connectivity index (χ3v) is 6.73. The van der Waals surface area contributed by atoms with E-state index in [-0.39, 0.29) is 5.54 Å². The van der Waals surface area contributed by atoms with E-state index in [1.54, 1.807) is 0 Å². The average Bonchev–Trinajstić information content (AvgIpc) is 3.26. The number of furan rings is 1. The molecule has 1 aliphatic carbocycles. The number of fused-ring (bicyclic) bond motifs is 4. The maximum absolute atomic E-state index is 6.31. The van der Waals surface area contributed by atoms with Gasteiger partial charge in [-0.05, 0) is 49.8 Å². The van der Waals surface area contributed by atoms with Gasteiger partial charge in [-0.25, -0.2) is 0 Å². The number of para-hydroxylation sites is 1. The van der Waals surface area contributed by atoms with Crippen LogP contribution in [0.4, 0.5) is 5.69 Å². The Morgan fingerprint density at radius 2 is 1.96 bits per heavy atom. The Morgan fingerprint density at radius 3 is 2.74 bits per heavy atom. The second-order valence-corrected chi connectivity index (χ2v) is 7.94. The molecule has 0 N–H and O–H groups in total. The van der Waals surface area contributed by atoms with Gasteiger partial charge in [-0.15, -0.1) is 11.3 Å². The molecule has 2 aromatic heterocycles. The lowest BCUT2D eigenvalue weighted by Crippen LogP contribution is -2.40. The van der Waals surface area contributed by atoms with E-state index in [0.717, 1.165) is 5.58 Å². The molecule has 3 aromatic rings. The Labute approximate surface area is 140 Å². The van der Waals surface area contributed by atoms with Gasteiger partial charge in [-0.3, -0.25) is 0 Å². The summed E-state index contributed by atoms with van der Waals surface area (Å²) in [7, 11) is 0. The summed E-state index contributed by atoms with van der Waals surface area (Å²) >= 11 is 1.84. The maximum atomic E-state index is 6.31. The van der Waals surface area contributed by atoms with Crippen LogP contribution in [0.3, 0.4) is 0 Å². The van der Waals surface area contributed by atoms with Gasteiger partial charge in [0.25, 0.3) is 0 Å². The highest BCUT2D eigenvalue weighted by Crippen LogP contribution is 2.59. The first-order valence-corrected chi connectivity index (χ1v) is 9.46. The monoisotopic (exact) mass is 323 g/mol. The summed E-state index contributed by atoms with van der Waals surface area (Å²) in [5, 5.41) is 2.16. The average molecular weight is 323 g/mol. The van der Waals surface area contributed by atoms with Crippen molar-refractivity contribution in [2.75, 3.05) is 4.90 Å². The second-order valence-electron chi connectivity index (χ2n) is 7.03. The lowest BCUT2D eigenvalue weighted by atomic mass is 9.89. The van der Waals surface area contributed by atoms with Crippen LogP contribution in [-0.4, -0.2) is 0 Å². The van der Waals surface area contributed by atoms with E-state index in [4.69, 9.17) is 4.42 Å². The van der Waals surface area contributed by atoms with Crippen molar-refractivity contribution in [3.8, 4) is 0 Å². The lowest BCUT2D eigenvalue weighted by Gasteiger charge is -2.40. The minimum atomic E-state index is 0.136. The van der Waals surface area contributed by atoms with E-state index >= 15 is 0 Å². The SMILES string of the molecule is Cc1ccccc1N1C(C)c2oc3ccsc3c2C12CCCC2. The van der Waals surface area contributed by atoms with E-state index in [1.807, 2.05) is 11.3 Å². The van der Waals surface area contributed by atoms with Crippen molar-refractivity contribution in [1.82, 2.24) is 0 Å². The summed E-state index contributed by atoms with van der Waals surface area (Å²) in [6.07, 6.45) is 5.11. The minimum absolute atomic E-state index is 0.136. The number of rotatable bonds is 1. The second kappa shape index (κ2) is 4.64. The number of nitrogens with zero attached hydrogens (tertiary/aromatic N) is 1. The zero-order chi connectivity index (χ0) is 15.6. The van der Waals surface area contributed by atoms with Crippen LogP contribution in [0.5, 0.6) is 0 Å². The van der Waals surface area contributed by atoms with Crippen molar-refractivity contribution in [2.45, 2.75) is 51.1 Å². The summed E-state index contributed by atoms with van der Waals surface area (Å²) in [4.78, 5) is 2.67. The first-order chi connectivity index (χ1) is 11.2. The molecule has 2 aliphatic rings. The predicted octanol–water partition coefficient (Wildman–Crippen LogP) is 6.15. The molecule has 1 fully saturated rings. The number of benzene rings is 1. The zero-order valence-electron chi connectivity index (χ0n) is 13.6. The van der Waals surface area contributed by atoms with Crippen molar-refractivity contribution in [3.05, 3.63) is 52.6 Å². The zero-order valence-corrected chi connectivity index (χ0v) is 14.5. The molecule has 1 unspecified atom stereocenters. The van der Waals surface area contributed by atoms with Gasteiger partial charge in [0.05, 0.1) is 16.3 Å². The normalized spacial score (nSPS) is 22.3. The fourth-order valence-electron chi connectivity index (χ4n) is 4.91. The quantitative estimate of drug-likeness (QED) is 0.534. The number of hydrogen-bond acceptors (Lipinski definition) is 3. The van der Waals surface area contributed by atoms with Crippen LogP contribution < -0.4 is 4.90 Å². The highest BCUT2D eigenvalue weighted by Gasteiger charge is 2.54. The van der Waals surface area contributed by atoms with Gasteiger partial charge in [-0.1, -0.05) is 31.0 Å². The third-order valence-electron chi connectivity index (χ3n) is 5.82. The summed E-state index contributed by atoms with van der Waals surface area (Å²) < 4.78 is 7.69. The molecule has 1 atom stereocenters. The predicted molar refractivity (Wildman–Crippen MR) is 96.3 cm³/mol. The molecule has 1 aromatic carbocycles. The van der Waals surface area contributed by atoms with Gasteiger partial charge in [0, 0.05) is 11.3 Å². The van der Waals surface area contributed by atoms with Gasteiger partial charge >= 0.3 is 0 Å². The van der Waals surface area contributed by atoms with Crippen molar-refractivity contribution in [1.29, 1.82) is 0 Å². The van der Waals surface area contributed by atoms with Crippen LogP contribution in [0.1, 0.15) is 55.5 Å². The molecule has 23 heavy (non-hydrogen) atoms.